The van der Waals surface area contributed by atoms with Crippen LogP contribution in [0.1, 0.15) is 239 Å². The van der Waals surface area contributed by atoms with Crippen LogP contribution in [-0.4, -0.2) is 66.5 Å². The van der Waals surface area contributed by atoms with Crippen molar-refractivity contribution in [2.45, 2.75) is 251 Å². The fourth-order valence-electron chi connectivity index (χ4n) is 7.78. The van der Waals surface area contributed by atoms with Crippen molar-refractivity contribution in [1.82, 2.24) is 0 Å². The number of aliphatic hydroxyl groups excluding tert-OH is 1. The first-order valence-corrected chi connectivity index (χ1v) is 31.3. The van der Waals surface area contributed by atoms with Gasteiger partial charge in [-0.1, -0.05) is 246 Å². The van der Waals surface area contributed by atoms with Crippen LogP contribution in [0.25, 0.3) is 0 Å². The maximum atomic E-state index is 12.9. The van der Waals surface area contributed by atoms with Gasteiger partial charge in [0.1, 0.15) is 12.7 Å². The predicted molar refractivity (Wildman–Crippen MR) is 316 cm³/mol. The zero-order valence-electron chi connectivity index (χ0n) is 47.9. The normalized spacial score (nSPS) is 14.1. The highest BCUT2D eigenvalue weighted by Gasteiger charge is 2.28. The van der Waals surface area contributed by atoms with Gasteiger partial charge in [0.15, 0.2) is 6.10 Å². The molecule has 0 saturated heterocycles. The molecule has 0 heterocycles. The Kier molecular flexibility index (Phi) is 54.4. The molecule has 0 amide bonds. The Morgan fingerprint density at radius 1 is 0.395 bits per heavy atom. The zero-order valence-corrected chi connectivity index (χ0v) is 48.8. The number of rotatable bonds is 54. The number of hydrogen-bond acceptors (Lipinski definition) is 10. The minimum atomic E-state index is -4.78. The van der Waals surface area contributed by atoms with Crippen LogP contribution in [0, 0.1) is 0 Å². The summed E-state index contributed by atoms with van der Waals surface area (Å²) >= 11 is 0. The van der Waals surface area contributed by atoms with Crippen LogP contribution in [0.4, 0.5) is 0 Å². The summed E-state index contributed by atoms with van der Waals surface area (Å²) in [7, 11) is -4.78. The van der Waals surface area contributed by atoms with Crippen molar-refractivity contribution < 1.29 is 52.2 Å². The topological polar surface area (TPSA) is 155 Å². The second kappa shape index (κ2) is 57.3. The monoisotopic (exact) mass is 1080 g/mol. The Labute approximate surface area is 463 Å². The Balaban J connectivity index is 4.84. The smallest absolute Gasteiger partial charge is 0.462 e. The van der Waals surface area contributed by atoms with Crippen LogP contribution in [0.3, 0.4) is 0 Å². The molecule has 0 aliphatic heterocycles. The van der Waals surface area contributed by atoms with Gasteiger partial charge >= 0.3 is 25.7 Å². The van der Waals surface area contributed by atoms with Gasteiger partial charge in [-0.15, -0.1) is 0 Å². The molecule has 0 rings (SSSR count). The third-order valence-corrected chi connectivity index (χ3v) is 13.2. The van der Waals surface area contributed by atoms with Crippen molar-refractivity contribution in [3.05, 3.63) is 109 Å². The van der Waals surface area contributed by atoms with Gasteiger partial charge in [-0.3, -0.25) is 23.4 Å². The SMILES string of the molecule is CC/C=C\C/C=C\C/C=C\C/C=C\C/C=C\CC(=O)OC(CO)COP(=O)(O)OCC(COC(=O)CCCCCC/C=C\C/C=C\C/C=C\C/C=C\CC)OC(=O)CCCCCCCCCCCCCCCCCCC. The first kappa shape index (κ1) is 72.1. The summed E-state index contributed by atoms with van der Waals surface area (Å²) in [6, 6.07) is 0. The summed E-state index contributed by atoms with van der Waals surface area (Å²) in [6.07, 6.45) is 69.3. The van der Waals surface area contributed by atoms with Crippen LogP contribution in [-0.2, 0) is 42.2 Å². The largest absolute Gasteiger partial charge is 0.472 e. The number of carbonyl (C=O) groups excluding carboxylic acids is 3. The van der Waals surface area contributed by atoms with Gasteiger partial charge in [0.25, 0.3) is 0 Å². The molecule has 0 aromatic heterocycles. The Bertz CT molecular complexity index is 1690. The maximum absolute atomic E-state index is 12.9. The second-order valence-corrected chi connectivity index (χ2v) is 20.9. The van der Waals surface area contributed by atoms with E-state index in [0.717, 1.165) is 96.3 Å². The van der Waals surface area contributed by atoms with E-state index >= 15 is 0 Å². The van der Waals surface area contributed by atoms with Gasteiger partial charge in [0.2, 0.25) is 0 Å². The minimum Gasteiger partial charge on any atom is -0.462 e. The molecule has 0 aliphatic carbocycles. The average molecular weight is 1080 g/mol. The molecule has 0 saturated carbocycles. The summed E-state index contributed by atoms with van der Waals surface area (Å²) in [6.45, 7) is 4.29. The second-order valence-electron chi connectivity index (χ2n) is 19.4. The van der Waals surface area contributed by atoms with E-state index in [-0.39, 0.29) is 25.9 Å². The van der Waals surface area contributed by atoms with Gasteiger partial charge < -0.3 is 24.2 Å². The molecule has 0 fully saturated rings. The molecule has 76 heavy (non-hydrogen) atoms. The lowest BCUT2D eigenvalue weighted by Crippen LogP contribution is -2.30. The molecule has 0 spiro atoms. The van der Waals surface area contributed by atoms with Crippen LogP contribution in [0.15, 0.2) is 109 Å². The molecule has 0 radical (unpaired) electrons. The molecule has 0 bridgehead atoms. The van der Waals surface area contributed by atoms with Gasteiger partial charge in [-0.05, 0) is 83.5 Å². The molecular formula is C64H107O11P. The average Bonchev–Trinajstić information content (AvgIpc) is 3.41. The van der Waals surface area contributed by atoms with Gasteiger partial charge in [0.05, 0.1) is 26.2 Å². The quantitative estimate of drug-likeness (QED) is 0.0197. The van der Waals surface area contributed by atoms with Crippen molar-refractivity contribution in [3.63, 3.8) is 0 Å². The van der Waals surface area contributed by atoms with Gasteiger partial charge in [-0.2, -0.15) is 0 Å². The number of allylic oxidation sites excluding steroid dienone is 17. The molecule has 2 N–H and O–H groups in total. The first-order chi connectivity index (χ1) is 37.2. The number of ether oxygens (including phenoxy) is 3. The fraction of sp³-hybridized carbons (Fsp3) is 0.672. The van der Waals surface area contributed by atoms with Crippen molar-refractivity contribution in [2.75, 3.05) is 26.4 Å². The Morgan fingerprint density at radius 2 is 0.737 bits per heavy atom. The third-order valence-electron chi connectivity index (χ3n) is 12.2. The highest BCUT2D eigenvalue weighted by Crippen LogP contribution is 2.43. The number of aliphatic hydroxyl groups is 1. The highest BCUT2D eigenvalue weighted by atomic mass is 31.2. The number of carbonyl (C=O) groups is 3. The Hall–Kier alpha value is -3.86. The number of phosphoric ester groups is 1. The van der Waals surface area contributed by atoms with Crippen LogP contribution < -0.4 is 0 Å². The van der Waals surface area contributed by atoms with E-state index in [0.29, 0.717) is 19.3 Å². The lowest BCUT2D eigenvalue weighted by atomic mass is 10.0. The molecule has 3 atom stereocenters. The highest BCUT2D eigenvalue weighted by molar-refractivity contribution is 7.47. The van der Waals surface area contributed by atoms with E-state index < -0.39 is 57.8 Å². The summed E-state index contributed by atoms with van der Waals surface area (Å²) in [5, 5.41) is 9.80. The van der Waals surface area contributed by atoms with Crippen molar-refractivity contribution in [2.24, 2.45) is 0 Å². The van der Waals surface area contributed by atoms with E-state index in [1.54, 1.807) is 6.08 Å². The number of hydrogen-bond donors (Lipinski definition) is 2. The lowest BCUT2D eigenvalue weighted by molar-refractivity contribution is -0.161. The molecule has 0 aromatic rings. The van der Waals surface area contributed by atoms with Crippen LogP contribution in [0.5, 0.6) is 0 Å². The Morgan fingerprint density at radius 3 is 1.16 bits per heavy atom. The van der Waals surface area contributed by atoms with Gasteiger partial charge in [0, 0.05) is 12.8 Å². The molecule has 0 aromatic carbocycles. The maximum Gasteiger partial charge on any atom is 0.472 e. The lowest BCUT2D eigenvalue weighted by Gasteiger charge is -2.21. The van der Waals surface area contributed by atoms with E-state index in [1.165, 1.54) is 83.5 Å². The molecule has 12 heteroatoms. The predicted octanol–water partition coefficient (Wildman–Crippen LogP) is 17.8. The number of unbranched alkanes of at least 4 members (excludes halogenated alkanes) is 20. The summed E-state index contributed by atoms with van der Waals surface area (Å²) in [5.41, 5.74) is 0. The van der Waals surface area contributed by atoms with E-state index in [4.69, 9.17) is 23.3 Å². The van der Waals surface area contributed by atoms with E-state index in [2.05, 4.69) is 106 Å². The summed E-state index contributed by atoms with van der Waals surface area (Å²) in [4.78, 5) is 48.5. The van der Waals surface area contributed by atoms with Crippen LogP contribution >= 0.6 is 7.82 Å². The van der Waals surface area contributed by atoms with Crippen molar-refractivity contribution in [1.29, 1.82) is 0 Å². The summed E-state index contributed by atoms with van der Waals surface area (Å²) < 4.78 is 39.4. The molecule has 3 unspecified atom stereocenters. The third kappa shape index (κ3) is 54.9. The van der Waals surface area contributed by atoms with E-state index in [1.807, 2.05) is 18.2 Å². The van der Waals surface area contributed by atoms with Crippen LogP contribution in [0.2, 0.25) is 0 Å². The molecule has 0 aliphatic rings. The van der Waals surface area contributed by atoms with E-state index in [9.17, 15) is 28.9 Å². The molecule has 434 valence electrons. The standard InChI is InChI=1S/C64H107O11P/c1-4-7-10-13-16-19-22-25-28-30-33-35-38-41-44-47-50-53-62(66)71-57-61(75-64(68)55-52-49-46-43-40-37-34-31-29-26-23-20-17-14-11-8-5-2)59-73-76(69,70)72-58-60(56-65)74-63(67)54-51-48-45-42-39-36-32-27-24-21-18-15-12-9-6-3/h7,9-10,12,16,18-19,21,25,27-28,32-33,35,39,42,48,51,60-61,65H,4-6,8,11,13-15,17,20,22-24,26,29-31,34,36-38,40-41,43-47,49-50,52-59H2,1-3H3,(H,69,70)/b10-7-,12-9-,19-16-,21-18-,28-25-,32-27-,35-33-,42-39-,51-48-. The molecule has 11 nitrogen and oxygen atoms in total. The van der Waals surface area contributed by atoms with Crippen molar-refractivity contribution in [3.8, 4) is 0 Å². The zero-order chi connectivity index (χ0) is 55.5. The number of phosphoric acid groups is 1. The minimum absolute atomic E-state index is 0.0603. The molecular weight excluding hydrogens is 976 g/mol. The van der Waals surface area contributed by atoms with Gasteiger partial charge in [-0.25, -0.2) is 4.57 Å². The van der Waals surface area contributed by atoms with Crippen molar-refractivity contribution >= 4 is 25.7 Å². The fourth-order valence-corrected chi connectivity index (χ4v) is 8.56. The number of esters is 3. The summed E-state index contributed by atoms with van der Waals surface area (Å²) in [5.74, 6) is -1.63. The first-order valence-electron chi connectivity index (χ1n) is 29.8.